The van der Waals surface area contributed by atoms with E-state index in [0.717, 1.165) is 22.4 Å². The molecule has 2 aliphatic heterocycles. The molecule has 1 spiro atoms. The van der Waals surface area contributed by atoms with Crippen LogP contribution in [-0.2, 0) is 37.9 Å². The van der Waals surface area contributed by atoms with Crippen molar-refractivity contribution in [2.24, 2.45) is 0 Å². The Balaban J connectivity index is 1.40. The highest BCUT2D eigenvalue weighted by atomic mass is 32.2. The number of nitrogens with one attached hydrogen (secondary N) is 1. The lowest BCUT2D eigenvalue weighted by molar-refractivity contribution is -0.0950. The summed E-state index contributed by atoms with van der Waals surface area (Å²) in [6.07, 6.45) is 1.77. The second-order valence-electron chi connectivity index (χ2n) is 10.3. The van der Waals surface area contributed by atoms with E-state index in [9.17, 15) is 18.0 Å². The Morgan fingerprint density at radius 3 is 2.44 bits per heavy atom. The van der Waals surface area contributed by atoms with Crippen molar-refractivity contribution < 1.29 is 27.5 Å². The molecular formula is C26H34N2O6S2. The summed E-state index contributed by atoms with van der Waals surface area (Å²) < 4.78 is 35.8. The van der Waals surface area contributed by atoms with E-state index in [0.29, 0.717) is 44.0 Å². The van der Waals surface area contributed by atoms with Crippen molar-refractivity contribution >= 4 is 33.2 Å². The normalized spacial score (nSPS) is 17.5. The highest BCUT2D eigenvalue weighted by Gasteiger charge is 2.44. The first-order valence-corrected chi connectivity index (χ1v) is 14.7. The van der Waals surface area contributed by atoms with Crippen LogP contribution in [0.5, 0.6) is 0 Å². The lowest BCUT2D eigenvalue weighted by Crippen LogP contribution is -2.49. The molecule has 3 heterocycles. The standard InChI is InChI=1S/C26H34N2O6S2/c1-5-36(31,32)20-8-6-18(7-9-20)17-27-23(29)21-16-19-10-15-33-26(22(19)35-21)11-13-28(14-12-26)24(30)34-25(2,3)4/h6-9,16H,5,10-15,17H2,1-4H3,(H,27,29). The fourth-order valence-corrected chi connectivity index (χ4v) is 6.74. The zero-order valence-electron chi connectivity index (χ0n) is 21.3. The van der Waals surface area contributed by atoms with Gasteiger partial charge in [0.05, 0.1) is 22.1 Å². The number of thiophene rings is 1. The molecule has 0 aliphatic carbocycles. The molecule has 0 bridgehead atoms. The molecule has 196 valence electrons. The van der Waals surface area contributed by atoms with Gasteiger partial charge < -0.3 is 19.7 Å². The van der Waals surface area contributed by atoms with Crippen molar-refractivity contribution in [1.82, 2.24) is 10.2 Å². The topological polar surface area (TPSA) is 102 Å². The minimum absolute atomic E-state index is 0.0520. The molecule has 1 aromatic carbocycles. The van der Waals surface area contributed by atoms with Crippen molar-refractivity contribution in [1.29, 1.82) is 0 Å². The number of hydrogen-bond acceptors (Lipinski definition) is 7. The Morgan fingerprint density at radius 2 is 1.83 bits per heavy atom. The van der Waals surface area contributed by atoms with Crippen molar-refractivity contribution in [3.8, 4) is 0 Å². The van der Waals surface area contributed by atoms with Gasteiger partial charge in [0.15, 0.2) is 9.84 Å². The van der Waals surface area contributed by atoms with Gasteiger partial charge in [0.1, 0.15) is 11.2 Å². The second-order valence-corrected chi connectivity index (χ2v) is 13.6. The van der Waals surface area contributed by atoms with Crippen LogP contribution in [0, 0.1) is 0 Å². The number of nitrogens with zero attached hydrogens (tertiary/aromatic N) is 1. The average molecular weight is 535 g/mol. The van der Waals surface area contributed by atoms with E-state index in [1.54, 1.807) is 36.1 Å². The van der Waals surface area contributed by atoms with Gasteiger partial charge in [-0.15, -0.1) is 11.3 Å². The number of amides is 2. The van der Waals surface area contributed by atoms with Gasteiger partial charge in [0, 0.05) is 24.5 Å². The van der Waals surface area contributed by atoms with Crippen molar-refractivity contribution in [3.05, 3.63) is 51.2 Å². The fraction of sp³-hybridized carbons (Fsp3) is 0.538. The second kappa shape index (κ2) is 10.1. The summed E-state index contributed by atoms with van der Waals surface area (Å²) in [7, 11) is -3.25. The van der Waals surface area contributed by atoms with Crippen LogP contribution in [0.3, 0.4) is 0 Å². The predicted molar refractivity (Wildman–Crippen MR) is 138 cm³/mol. The molecular weight excluding hydrogens is 500 g/mol. The van der Waals surface area contributed by atoms with Crippen LogP contribution in [-0.4, -0.2) is 56.4 Å². The summed E-state index contributed by atoms with van der Waals surface area (Å²) in [5, 5.41) is 2.94. The van der Waals surface area contributed by atoms with Gasteiger partial charge in [-0.2, -0.15) is 0 Å². The van der Waals surface area contributed by atoms with E-state index in [1.807, 2.05) is 26.8 Å². The first-order chi connectivity index (χ1) is 16.9. The molecule has 1 fully saturated rings. The molecule has 4 rings (SSSR count). The highest BCUT2D eigenvalue weighted by molar-refractivity contribution is 7.91. The Labute approximate surface area is 216 Å². The summed E-state index contributed by atoms with van der Waals surface area (Å²) in [4.78, 5) is 29.1. The number of likely N-dealkylation sites (tertiary alicyclic amines) is 1. The van der Waals surface area contributed by atoms with Crippen molar-refractivity contribution in [3.63, 3.8) is 0 Å². The molecule has 0 saturated carbocycles. The number of rotatable bonds is 5. The van der Waals surface area contributed by atoms with Gasteiger partial charge in [-0.3, -0.25) is 4.79 Å². The maximum Gasteiger partial charge on any atom is 0.410 e. The van der Waals surface area contributed by atoms with Crippen LogP contribution in [0.15, 0.2) is 35.2 Å². The van der Waals surface area contributed by atoms with Gasteiger partial charge in [-0.1, -0.05) is 19.1 Å². The van der Waals surface area contributed by atoms with E-state index >= 15 is 0 Å². The molecule has 0 unspecified atom stereocenters. The molecule has 8 nitrogen and oxygen atoms in total. The number of fused-ring (bicyclic) bond motifs is 2. The first-order valence-electron chi connectivity index (χ1n) is 12.3. The Hall–Kier alpha value is -2.43. The van der Waals surface area contributed by atoms with Crippen LogP contribution < -0.4 is 5.32 Å². The lowest BCUT2D eigenvalue weighted by Gasteiger charge is -2.43. The van der Waals surface area contributed by atoms with E-state index in [2.05, 4.69) is 5.32 Å². The fourth-order valence-electron chi connectivity index (χ4n) is 4.53. The lowest BCUT2D eigenvalue weighted by atomic mass is 9.85. The van der Waals surface area contributed by atoms with Crippen LogP contribution in [0.25, 0.3) is 0 Å². The third-order valence-corrected chi connectivity index (χ3v) is 9.65. The molecule has 2 aliphatic rings. The number of sulfone groups is 1. The Morgan fingerprint density at radius 1 is 1.17 bits per heavy atom. The SMILES string of the molecule is CCS(=O)(=O)c1ccc(CNC(=O)c2cc3c(s2)C2(CCN(C(=O)OC(C)(C)C)CC2)OCC3)cc1. The molecule has 36 heavy (non-hydrogen) atoms. The summed E-state index contributed by atoms with van der Waals surface area (Å²) >= 11 is 1.46. The monoisotopic (exact) mass is 534 g/mol. The van der Waals surface area contributed by atoms with Gasteiger partial charge in [-0.05, 0) is 69.4 Å². The first kappa shape index (κ1) is 26.6. The van der Waals surface area contributed by atoms with Crippen LogP contribution >= 0.6 is 11.3 Å². The number of carbonyl (C=O) groups excluding carboxylic acids is 2. The van der Waals surface area contributed by atoms with Crippen LogP contribution in [0.2, 0.25) is 0 Å². The third-order valence-electron chi connectivity index (χ3n) is 6.53. The number of hydrogen-bond donors (Lipinski definition) is 1. The molecule has 1 saturated heterocycles. The van der Waals surface area contributed by atoms with Gasteiger partial charge in [-0.25, -0.2) is 13.2 Å². The molecule has 1 aromatic heterocycles. The zero-order chi connectivity index (χ0) is 26.1. The number of carbonyl (C=O) groups is 2. The number of piperidine rings is 1. The van der Waals surface area contributed by atoms with Gasteiger partial charge in [0.25, 0.3) is 5.91 Å². The molecule has 2 aromatic rings. The third kappa shape index (κ3) is 5.76. The largest absolute Gasteiger partial charge is 0.444 e. The van der Waals surface area contributed by atoms with Crippen LogP contribution in [0.4, 0.5) is 4.79 Å². The molecule has 10 heteroatoms. The van der Waals surface area contributed by atoms with E-state index in [4.69, 9.17) is 9.47 Å². The Kier molecular flexibility index (Phi) is 7.50. The smallest absolute Gasteiger partial charge is 0.410 e. The molecule has 2 amide bonds. The Bertz CT molecular complexity index is 1220. The minimum Gasteiger partial charge on any atom is -0.444 e. The highest BCUT2D eigenvalue weighted by Crippen LogP contribution is 2.45. The summed E-state index contributed by atoms with van der Waals surface area (Å²) in [5.74, 6) is -0.114. The zero-order valence-corrected chi connectivity index (χ0v) is 22.9. The molecule has 0 radical (unpaired) electrons. The van der Waals surface area contributed by atoms with E-state index < -0.39 is 21.0 Å². The molecule has 0 atom stereocenters. The summed E-state index contributed by atoms with van der Waals surface area (Å²) in [6.45, 7) is 9.16. The van der Waals surface area contributed by atoms with Gasteiger partial charge >= 0.3 is 6.09 Å². The minimum atomic E-state index is -3.25. The van der Waals surface area contributed by atoms with Crippen molar-refractivity contribution in [2.45, 2.75) is 69.6 Å². The van der Waals surface area contributed by atoms with Crippen LogP contribution in [0.1, 0.15) is 66.2 Å². The maximum absolute atomic E-state index is 12.9. The number of ether oxygens (including phenoxy) is 2. The maximum atomic E-state index is 12.9. The quantitative estimate of drug-likeness (QED) is 0.615. The van der Waals surface area contributed by atoms with E-state index in [-0.39, 0.29) is 22.6 Å². The summed E-state index contributed by atoms with van der Waals surface area (Å²) in [6, 6.07) is 8.56. The number of benzene rings is 1. The van der Waals surface area contributed by atoms with Crippen molar-refractivity contribution in [2.75, 3.05) is 25.4 Å². The van der Waals surface area contributed by atoms with E-state index in [1.165, 1.54) is 11.3 Å². The summed E-state index contributed by atoms with van der Waals surface area (Å²) in [5.41, 5.74) is 0.951. The average Bonchev–Trinajstić information content (AvgIpc) is 3.28. The molecule has 1 N–H and O–H groups in total. The van der Waals surface area contributed by atoms with Gasteiger partial charge in [0.2, 0.25) is 0 Å². The predicted octanol–water partition coefficient (Wildman–Crippen LogP) is 4.27.